The zero-order valence-electron chi connectivity index (χ0n) is 9.70. The van der Waals surface area contributed by atoms with Gasteiger partial charge in [0.2, 0.25) is 0 Å². The summed E-state index contributed by atoms with van der Waals surface area (Å²) in [5.74, 6) is -0.534. The minimum Gasteiger partial charge on any atom is -0.377 e. The van der Waals surface area contributed by atoms with Crippen molar-refractivity contribution in [2.75, 3.05) is 5.32 Å². The maximum absolute atomic E-state index is 13.3. The first kappa shape index (κ1) is 11.8. The molecule has 0 heterocycles. The van der Waals surface area contributed by atoms with Crippen molar-refractivity contribution in [1.29, 1.82) is 0 Å². The Morgan fingerprint density at radius 1 is 1.41 bits per heavy atom. The monoisotopic (exact) mass is 238 g/mol. The second-order valence-corrected chi connectivity index (χ2v) is 4.50. The van der Waals surface area contributed by atoms with Crippen molar-refractivity contribution in [3.05, 3.63) is 33.6 Å². The van der Waals surface area contributed by atoms with Gasteiger partial charge in [0.15, 0.2) is 0 Å². The van der Waals surface area contributed by atoms with Crippen molar-refractivity contribution in [1.82, 2.24) is 0 Å². The number of rotatable bonds is 3. The Labute approximate surface area is 99.0 Å². The smallest absolute Gasteiger partial charge is 0.295 e. The Morgan fingerprint density at radius 2 is 2.06 bits per heavy atom. The number of halogens is 1. The van der Waals surface area contributed by atoms with Crippen LogP contribution in [0.25, 0.3) is 0 Å². The quantitative estimate of drug-likeness (QED) is 0.648. The average Bonchev–Trinajstić information content (AvgIpc) is 2.75. The number of hydrogen-bond acceptors (Lipinski definition) is 3. The Bertz CT molecular complexity index is 442. The predicted molar refractivity (Wildman–Crippen MR) is 63.7 cm³/mol. The van der Waals surface area contributed by atoms with E-state index in [9.17, 15) is 14.5 Å². The van der Waals surface area contributed by atoms with Gasteiger partial charge in [-0.1, -0.05) is 12.8 Å². The van der Waals surface area contributed by atoms with Gasteiger partial charge in [0, 0.05) is 6.04 Å². The third-order valence-corrected chi connectivity index (χ3v) is 3.19. The van der Waals surface area contributed by atoms with Gasteiger partial charge in [0.25, 0.3) is 5.69 Å². The van der Waals surface area contributed by atoms with Crippen LogP contribution in [0.2, 0.25) is 0 Å². The molecule has 1 aromatic carbocycles. The molecule has 0 spiro atoms. The summed E-state index contributed by atoms with van der Waals surface area (Å²) in [5.41, 5.74) is 0.678. The molecule has 5 heteroatoms. The molecule has 1 aliphatic carbocycles. The maximum atomic E-state index is 13.3. The van der Waals surface area contributed by atoms with E-state index in [0.717, 1.165) is 31.7 Å². The lowest BCUT2D eigenvalue weighted by Gasteiger charge is -2.14. The van der Waals surface area contributed by atoms with Crippen LogP contribution >= 0.6 is 0 Å². The molecule has 4 nitrogen and oxygen atoms in total. The van der Waals surface area contributed by atoms with Crippen molar-refractivity contribution >= 4 is 11.4 Å². The molecule has 1 fully saturated rings. The van der Waals surface area contributed by atoms with E-state index in [1.54, 1.807) is 6.92 Å². The van der Waals surface area contributed by atoms with Crippen molar-refractivity contribution in [2.24, 2.45) is 0 Å². The summed E-state index contributed by atoms with van der Waals surface area (Å²) >= 11 is 0. The average molecular weight is 238 g/mol. The van der Waals surface area contributed by atoms with Crippen molar-refractivity contribution in [3.8, 4) is 0 Å². The SMILES string of the molecule is Cc1cc(NC2CCCC2)c([N+](=O)[O-])cc1F. The lowest BCUT2D eigenvalue weighted by Crippen LogP contribution is -2.15. The van der Waals surface area contributed by atoms with E-state index in [1.807, 2.05) is 0 Å². The molecule has 0 amide bonds. The predicted octanol–water partition coefficient (Wildman–Crippen LogP) is 3.40. The molecule has 0 aromatic heterocycles. The van der Waals surface area contributed by atoms with Gasteiger partial charge < -0.3 is 5.32 Å². The number of nitrogens with one attached hydrogen (secondary N) is 1. The highest BCUT2D eigenvalue weighted by atomic mass is 19.1. The molecule has 2 rings (SSSR count). The highest BCUT2D eigenvalue weighted by Crippen LogP contribution is 2.30. The molecule has 0 bridgehead atoms. The largest absolute Gasteiger partial charge is 0.377 e. The zero-order valence-corrected chi connectivity index (χ0v) is 9.70. The van der Waals surface area contributed by atoms with Crippen LogP contribution in [0, 0.1) is 22.9 Å². The first-order valence-corrected chi connectivity index (χ1v) is 5.79. The van der Waals surface area contributed by atoms with Crippen LogP contribution in [0.15, 0.2) is 12.1 Å². The van der Waals surface area contributed by atoms with Crippen molar-refractivity contribution < 1.29 is 9.31 Å². The molecule has 0 aliphatic heterocycles. The molecule has 1 aliphatic rings. The zero-order chi connectivity index (χ0) is 12.4. The Kier molecular flexibility index (Phi) is 3.26. The molecule has 92 valence electrons. The van der Waals surface area contributed by atoms with Gasteiger partial charge in [0.1, 0.15) is 11.5 Å². The summed E-state index contributed by atoms with van der Waals surface area (Å²) in [6.07, 6.45) is 4.33. The molecular formula is C12H15FN2O2. The van der Waals surface area contributed by atoms with Crippen molar-refractivity contribution in [3.63, 3.8) is 0 Å². The van der Waals surface area contributed by atoms with Crippen LogP contribution < -0.4 is 5.32 Å². The minimum atomic E-state index is -0.542. The lowest BCUT2D eigenvalue weighted by atomic mass is 10.1. The molecule has 1 aromatic rings. The normalized spacial score (nSPS) is 16.1. The standard InChI is InChI=1S/C12H15FN2O2/c1-8-6-11(14-9-4-2-3-5-9)12(15(16)17)7-10(8)13/h6-7,9,14H,2-5H2,1H3. The summed E-state index contributed by atoms with van der Waals surface area (Å²) in [5, 5.41) is 14.0. The van der Waals surface area contributed by atoms with Gasteiger partial charge in [-0.15, -0.1) is 0 Å². The van der Waals surface area contributed by atoms with Gasteiger partial charge >= 0.3 is 0 Å². The second-order valence-electron chi connectivity index (χ2n) is 4.50. The van der Waals surface area contributed by atoms with Gasteiger partial charge in [-0.05, 0) is 31.4 Å². The number of anilines is 1. The summed E-state index contributed by atoms with van der Waals surface area (Å²) in [7, 11) is 0. The van der Waals surface area contributed by atoms with E-state index in [0.29, 0.717) is 11.3 Å². The molecule has 1 N–H and O–H groups in total. The summed E-state index contributed by atoms with van der Waals surface area (Å²) in [6.45, 7) is 1.61. The van der Waals surface area contributed by atoms with Gasteiger partial charge in [0.05, 0.1) is 11.0 Å². The third-order valence-electron chi connectivity index (χ3n) is 3.19. The highest BCUT2D eigenvalue weighted by molar-refractivity contribution is 5.63. The summed E-state index contributed by atoms with van der Waals surface area (Å²) in [6, 6.07) is 2.79. The number of nitro groups is 1. The van der Waals surface area contributed by atoms with Crippen LogP contribution in [-0.4, -0.2) is 11.0 Å². The number of aryl methyl sites for hydroxylation is 1. The fourth-order valence-corrected chi connectivity index (χ4v) is 2.23. The highest BCUT2D eigenvalue weighted by Gasteiger charge is 2.21. The maximum Gasteiger partial charge on any atom is 0.295 e. The number of nitrogens with zero attached hydrogens (tertiary/aromatic N) is 1. The van der Waals surface area contributed by atoms with E-state index in [1.165, 1.54) is 6.07 Å². The molecule has 1 saturated carbocycles. The van der Waals surface area contributed by atoms with Gasteiger partial charge in [-0.2, -0.15) is 0 Å². The summed E-state index contributed by atoms with van der Waals surface area (Å²) < 4.78 is 13.3. The second kappa shape index (κ2) is 4.69. The summed E-state index contributed by atoms with van der Waals surface area (Å²) in [4.78, 5) is 10.3. The Hall–Kier alpha value is -1.65. The Balaban J connectivity index is 2.29. The third kappa shape index (κ3) is 2.54. The van der Waals surface area contributed by atoms with Crippen LogP contribution in [-0.2, 0) is 0 Å². The fraction of sp³-hybridized carbons (Fsp3) is 0.500. The van der Waals surface area contributed by atoms with Crippen LogP contribution in [0.4, 0.5) is 15.8 Å². The van der Waals surface area contributed by atoms with E-state index < -0.39 is 10.7 Å². The van der Waals surface area contributed by atoms with E-state index in [-0.39, 0.29) is 11.7 Å². The molecule has 0 unspecified atom stereocenters. The van der Waals surface area contributed by atoms with Crippen LogP contribution in [0.5, 0.6) is 0 Å². The fourth-order valence-electron chi connectivity index (χ4n) is 2.23. The molecule has 17 heavy (non-hydrogen) atoms. The molecule has 0 saturated heterocycles. The Morgan fingerprint density at radius 3 is 2.65 bits per heavy atom. The minimum absolute atomic E-state index is 0.181. The molecule has 0 radical (unpaired) electrons. The molecular weight excluding hydrogens is 223 g/mol. The van der Waals surface area contributed by atoms with Gasteiger partial charge in [-0.3, -0.25) is 10.1 Å². The first-order chi connectivity index (χ1) is 8.08. The lowest BCUT2D eigenvalue weighted by molar-refractivity contribution is -0.384. The van der Waals surface area contributed by atoms with Gasteiger partial charge in [-0.25, -0.2) is 4.39 Å². The number of nitro benzene ring substituents is 1. The number of hydrogen-bond donors (Lipinski definition) is 1. The van der Waals surface area contributed by atoms with E-state index in [2.05, 4.69) is 5.32 Å². The van der Waals surface area contributed by atoms with E-state index in [4.69, 9.17) is 0 Å². The topological polar surface area (TPSA) is 55.2 Å². The molecule has 0 atom stereocenters. The van der Waals surface area contributed by atoms with Crippen molar-refractivity contribution in [2.45, 2.75) is 38.6 Å². The van der Waals surface area contributed by atoms with E-state index >= 15 is 0 Å². The first-order valence-electron chi connectivity index (χ1n) is 5.79. The van der Waals surface area contributed by atoms with Crippen LogP contribution in [0.1, 0.15) is 31.2 Å². The number of benzene rings is 1. The van der Waals surface area contributed by atoms with Crippen LogP contribution in [0.3, 0.4) is 0 Å².